The fourth-order valence-electron chi connectivity index (χ4n) is 7.28. The van der Waals surface area contributed by atoms with Gasteiger partial charge in [0.2, 0.25) is 0 Å². The van der Waals surface area contributed by atoms with Crippen LogP contribution in [0.2, 0.25) is 5.02 Å². The van der Waals surface area contributed by atoms with Gasteiger partial charge in [-0.25, -0.2) is 14.2 Å². The number of carbonyl (C=O) groups is 1. The number of imidazole rings is 1. The highest BCUT2D eigenvalue weighted by molar-refractivity contribution is 6.30. The summed E-state index contributed by atoms with van der Waals surface area (Å²) in [4.78, 5) is 21.8. The molecule has 0 radical (unpaired) electrons. The molecule has 46 heavy (non-hydrogen) atoms. The Hall–Kier alpha value is -4.06. The van der Waals surface area contributed by atoms with E-state index in [-0.39, 0.29) is 29.3 Å². The summed E-state index contributed by atoms with van der Waals surface area (Å²) < 4.78 is 41.1. The van der Waals surface area contributed by atoms with Crippen molar-refractivity contribution in [2.24, 2.45) is 0 Å². The van der Waals surface area contributed by atoms with E-state index in [2.05, 4.69) is 14.4 Å². The Kier molecular flexibility index (Phi) is 7.04. The molecule has 8 rings (SSSR count). The summed E-state index contributed by atoms with van der Waals surface area (Å²) in [6, 6.07) is 14.1. The summed E-state index contributed by atoms with van der Waals surface area (Å²) in [6.45, 7) is 5.21. The molecule has 0 bridgehead atoms. The maximum absolute atomic E-state index is 15.0. The van der Waals surface area contributed by atoms with Crippen LogP contribution in [0.1, 0.15) is 47.9 Å². The number of anilines is 1. The van der Waals surface area contributed by atoms with E-state index >= 15 is 0 Å². The van der Waals surface area contributed by atoms with Gasteiger partial charge in [-0.05, 0) is 61.7 Å². The summed E-state index contributed by atoms with van der Waals surface area (Å²) >= 11 is 6.01. The van der Waals surface area contributed by atoms with Crippen LogP contribution in [-0.4, -0.2) is 70.5 Å². The van der Waals surface area contributed by atoms with Crippen molar-refractivity contribution in [2.75, 3.05) is 31.7 Å². The van der Waals surface area contributed by atoms with Crippen molar-refractivity contribution < 1.29 is 33.2 Å². The maximum Gasteiger partial charge on any atom is 0.335 e. The smallest absolute Gasteiger partial charge is 0.335 e. The lowest BCUT2D eigenvalue weighted by Gasteiger charge is -2.54. The highest BCUT2D eigenvalue weighted by atomic mass is 35.5. The standard InChI is InChI=1S/C34H34ClFN4O6/c1-34(22-7-6-20(35)16-23(22)36)45-28-5-3-4-26(32(28)46-34)39-12-11-38(24-8-9-25(24)39)18-30-37-31-27(40(30)17-21-10-13-44-21)14-19(33(41)42)15-29(31)43-2/h3-7,14-16,21,24-25H,8-13,17-18H2,1-2H3,(H,41,42)/t21-,24+,25+,34?/m0/s1. The Morgan fingerprint density at radius 2 is 1.96 bits per heavy atom. The fourth-order valence-corrected chi connectivity index (χ4v) is 7.44. The molecule has 3 aliphatic heterocycles. The Morgan fingerprint density at radius 1 is 1.13 bits per heavy atom. The molecule has 2 saturated heterocycles. The van der Waals surface area contributed by atoms with Gasteiger partial charge in [0, 0.05) is 43.7 Å². The minimum atomic E-state index is -1.32. The number of carboxylic acid groups (broad SMARTS) is 1. The molecule has 10 nitrogen and oxygen atoms in total. The van der Waals surface area contributed by atoms with E-state index in [1.54, 1.807) is 25.1 Å². The minimum Gasteiger partial charge on any atom is -0.494 e. The molecule has 1 aliphatic carbocycles. The minimum absolute atomic E-state index is 0.0679. The number of ether oxygens (including phenoxy) is 4. The molecule has 240 valence electrons. The molecule has 0 spiro atoms. The van der Waals surface area contributed by atoms with Gasteiger partial charge in [0.15, 0.2) is 11.5 Å². The van der Waals surface area contributed by atoms with Crippen LogP contribution in [0, 0.1) is 5.82 Å². The lowest BCUT2D eigenvalue weighted by atomic mass is 9.81. The van der Waals surface area contributed by atoms with E-state index in [0.717, 1.165) is 56.0 Å². The molecule has 12 heteroatoms. The zero-order chi connectivity index (χ0) is 31.7. The average molecular weight is 649 g/mol. The third-order valence-corrected chi connectivity index (χ3v) is 10.1. The number of aromatic nitrogens is 2. The largest absolute Gasteiger partial charge is 0.494 e. The predicted molar refractivity (Wildman–Crippen MR) is 169 cm³/mol. The van der Waals surface area contributed by atoms with E-state index in [0.29, 0.717) is 40.9 Å². The zero-order valence-electron chi connectivity index (χ0n) is 25.5. The van der Waals surface area contributed by atoms with E-state index in [1.807, 2.05) is 18.2 Å². The first kappa shape index (κ1) is 29.3. The van der Waals surface area contributed by atoms with Crippen molar-refractivity contribution in [1.29, 1.82) is 0 Å². The second kappa shape index (κ2) is 11.0. The second-order valence-electron chi connectivity index (χ2n) is 12.5. The Morgan fingerprint density at radius 3 is 2.65 bits per heavy atom. The van der Waals surface area contributed by atoms with Crippen molar-refractivity contribution in [3.8, 4) is 17.2 Å². The summed E-state index contributed by atoms with van der Waals surface area (Å²) in [7, 11) is 1.54. The predicted octanol–water partition coefficient (Wildman–Crippen LogP) is 5.82. The summed E-state index contributed by atoms with van der Waals surface area (Å²) in [5.74, 6) is -0.313. The number of carboxylic acids is 1. The number of methoxy groups -OCH3 is 1. The van der Waals surface area contributed by atoms with Gasteiger partial charge in [-0.3, -0.25) is 4.90 Å². The van der Waals surface area contributed by atoms with Crippen molar-refractivity contribution in [1.82, 2.24) is 14.5 Å². The molecule has 4 atom stereocenters. The zero-order valence-corrected chi connectivity index (χ0v) is 26.3. The van der Waals surface area contributed by atoms with Crippen LogP contribution in [0.15, 0.2) is 48.5 Å². The van der Waals surface area contributed by atoms with Crippen LogP contribution < -0.4 is 19.1 Å². The van der Waals surface area contributed by atoms with Crippen LogP contribution in [0.25, 0.3) is 11.0 Å². The summed E-state index contributed by atoms with van der Waals surface area (Å²) in [6.07, 6.45) is 3.09. The highest BCUT2D eigenvalue weighted by Crippen LogP contribution is 2.51. The van der Waals surface area contributed by atoms with Gasteiger partial charge in [0.25, 0.3) is 5.79 Å². The van der Waals surface area contributed by atoms with E-state index < -0.39 is 17.6 Å². The monoisotopic (exact) mass is 648 g/mol. The maximum atomic E-state index is 15.0. The SMILES string of the molecule is COc1cc(C(=O)O)cc2c1nc(CN1CCN(c3cccc4c3OC(C)(c3ccc(Cl)cc3F)O4)[C@@H]3CC[C@H]31)n2C[C@@H]1CCO1. The number of hydrogen-bond acceptors (Lipinski definition) is 8. The average Bonchev–Trinajstić information content (AvgIpc) is 3.51. The van der Waals surface area contributed by atoms with Crippen molar-refractivity contribution in [3.05, 3.63) is 76.3 Å². The quantitative estimate of drug-likeness (QED) is 0.253. The van der Waals surface area contributed by atoms with Gasteiger partial charge < -0.3 is 33.5 Å². The number of para-hydroxylation sites is 1. The molecule has 4 heterocycles. The van der Waals surface area contributed by atoms with Gasteiger partial charge in [0.05, 0.1) is 48.6 Å². The van der Waals surface area contributed by atoms with Crippen molar-refractivity contribution in [3.63, 3.8) is 0 Å². The van der Waals surface area contributed by atoms with Gasteiger partial charge in [-0.15, -0.1) is 0 Å². The lowest BCUT2D eigenvalue weighted by molar-refractivity contribution is -0.0706. The number of hydrogen-bond donors (Lipinski definition) is 1. The normalized spacial score (nSPS) is 25.2. The number of piperazine rings is 1. The molecule has 1 saturated carbocycles. The first-order valence-electron chi connectivity index (χ1n) is 15.6. The highest BCUT2D eigenvalue weighted by Gasteiger charge is 2.47. The van der Waals surface area contributed by atoms with Crippen LogP contribution in [-0.2, 0) is 23.6 Å². The van der Waals surface area contributed by atoms with Gasteiger partial charge >= 0.3 is 5.97 Å². The topological polar surface area (TPSA) is 98.5 Å². The van der Waals surface area contributed by atoms with Crippen molar-refractivity contribution >= 4 is 34.3 Å². The van der Waals surface area contributed by atoms with E-state index in [4.69, 9.17) is 35.5 Å². The van der Waals surface area contributed by atoms with Crippen LogP contribution in [0.4, 0.5) is 10.1 Å². The van der Waals surface area contributed by atoms with Gasteiger partial charge in [-0.1, -0.05) is 17.7 Å². The number of nitrogens with zero attached hydrogens (tertiary/aromatic N) is 4. The Bertz CT molecular complexity index is 1860. The fraction of sp³-hybridized carbons (Fsp3) is 0.412. The van der Waals surface area contributed by atoms with Gasteiger partial charge in [0.1, 0.15) is 22.9 Å². The molecule has 1 unspecified atom stereocenters. The van der Waals surface area contributed by atoms with E-state index in [9.17, 15) is 14.3 Å². The number of rotatable bonds is 8. The molecular formula is C34H34ClFN4O6. The van der Waals surface area contributed by atoms with Crippen LogP contribution in [0.5, 0.6) is 17.2 Å². The number of fused-ring (bicyclic) bond motifs is 3. The molecular weight excluding hydrogens is 615 g/mol. The first-order chi connectivity index (χ1) is 22.2. The third kappa shape index (κ3) is 4.75. The van der Waals surface area contributed by atoms with Crippen molar-refractivity contribution in [2.45, 2.75) is 63.3 Å². The van der Waals surface area contributed by atoms with Gasteiger partial charge in [-0.2, -0.15) is 0 Å². The molecule has 3 fully saturated rings. The second-order valence-corrected chi connectivity index (χ2v) is 13.0. The summed E-state index contributed by atoms with van der Waals surface area (Å²) in [5, 5.41) is 10.1. The van der Waals surface area contributed by atoms with E-state index in [1.165, 1.54) is 19.2 Å². The number of halogens is 2. The molecule has 4 aliphatic rings. The molecule has 3 aromatic carbocycles. The molecule has 1 N–H and O–H groups in total. The first-order valence-corrected chi connectivity index (χ1v) is 16.0. The summed E-state index contributed by atoms with van der Waals surface area (Å²) in [5.41, 5.74) is 2.78. The number of benzene rings is 3. The Balaban J connectivity index is 1.07. The molecule has 4 aromatic rings. The number of aromatic carboxylic acids is 1. The van der Waals surface area contributed by atoms with Crippen LogP contribution >= 0.6 is 11.6 Å². The van der Waals surface area contributed by atoms with Crippen LogP contribution in [0.3, 0.4) is 0 Å². The Labute approximate surface area is 270 Å². The third-order valence-electron chi connectivity index (χ3n) is 9.88. The molecule has 1 aromatic heterocycles. The molecule has 0 amide bonds. The lowest BCUT2D eigenvalue weighted by Crippen LogP contribution is -2.64.